The zero-order chi connectivity index (χ0) is 10.1. The highest BCUT2D eigenvalue weighted by Crippen LogP contribution is 2.23. The zero-order valence-electron chi connectivity index (χ0n) is 6.87. The molecule has 72 valence electrons. The Balaban J connectivity index is 2.47. The van der Waals surface area contributed by atoms with Crippen molar-refractivity contribution in [3.8, 4) is 11.5 Å². The van der Waals surface area contributed by atoms with Gasteiger partial charge in [0.1, 0.15) is 5.82 Å². The molecule has 0 radical (unpaired) electrons. The third-order valence-electron chi connectivity index (χ3n) is 1.61. The lowest BCUT2D eigenvalue weighted by Crippen LogP contribution is -1.86. The number of nitrogen functional groups attached to an aromatic ring is 1. The first-order chi connectivity index (χ1) is 6.66. The second-order valence-corrected chi connectivity index (χ2v) is 3.44. The molecule has 0 bridgehead atoms. The summed E-state index contributed by atoms with van der Waals surface area (Å²) >= 11 is 3.04. The number of nitrogens with zero attached hydrogens (tertiary/aromatic N) is 2. The van der Waals surface area contributed by atoms with Gasteiger partial charge in [0, 0.05) is 5.56 Å². The van der Waals surface area contributed by atoms with Gasteiger partial charge in [-0.05, 0) is 39.3 Å². The number of benzene rings is 1. The van der Waals surface area contributed by atoms with Crippen LogP contribution in [0.25, 0.3) is 11.5 Å². The van der Waals surface area contributed by atoms with Crippen LogP contribution in [-0.4, -0.2) is 10.1 Å². The highest BCUT2D eigenvalue weighted by molar-refractivity contribution is 9.10. The molecule has 0 fully saturated rings. The molecule has 0 saturated carbocycles. The van der Waals surface area contributed by atoms with E-state index < -0.39 is 0 Å². The summed E-state index contributed by atoms with van der Waals surface area (Å²) in [6.45, 7) is 0. The minimum atomic E-state index is -0.390. The van der Waals surface area contributed by atoms with Crippen molar-refractivity contribution in [1.29, 1.82) is 0 Å². The van der Waals surface area contributed by atoms with Gasteiger partial charge in [-0.2, -0.15) is 4.98 Å². The Morgan fingerprint density at radius 1 is 1.43 bits per heavy atom. The monoisotopic (exact) mass is 257 g/mol. The third-order valence-corrected chi connectivity index (χ3v) is 2.25. The lowest BCUT2D eigenvalue weighted by Gasteiger charge is -1.96. The van der Waals surface area contributed by atoms with Crippen LogP contribution in [0.3, 0.4) is 0 Å². The fourth-order valence-corrected chi connectivity index (χ4v) is 1.23. The summed E-state index contributed by atoms with van der Waals surface area (Å²) in [7, 11) is 0. The van der Waals surface area contributed by atoms with Gasteiger partial charge in [0.15, 0.2) is 0 Å². The van der Waals surface area contributed by atoms with Crippen LogP contribution in [0.5, 0.6) is 0 Å². The molecule has 14 heavy (non-hydrogen) atoms. The minimum absolute atomic E-state index is 0.0309. The summed E-state index contributed by atoms with van der Waals surface area (Å²) in [5.41, 5.74) is 5.76. The molecule has 0 aliphatic carbocycles. The van der Waals surface area contributed by atoms with Crippen molar-refractivity contribution in [2.75, 3.05) is 5.73 Å². The molecule has 2 rings (SSSR count). The topological polar surface area (TPSA) is 64.9 Å². The average Bonchev–Trinajstić information content (AvgIpc) is 2.57. The van der Waals surface area contributed by atoms with E-state index in [-0.39, 0.29) is 17.7 Å². The summed E-state index contributed by atoms with van der Waals surface area (Å²) in [5, 5.41) is 3.40. The first kappa shape index (κ1) is 9.14. The summed E-state index contributed by atoms with van der Waals surface area (Å²) < 4.78 is 18.3. The molecule has 0 aliphatic rings. The molecule has 4 nitrogen and oxygen atoms in total. The maximum absolute atomic E-state index is 13.1. The van der Waals surface area contributed by atoms with Gasteiger partial charge in [0.2, 0.25) is 0 Å². The van der Waals surface area contributed by atoms with Crippen LogP contribution < -0.4 is 5.73 Å². The molecule has 0 spiro atoms. The van der Waals surface area contributed by atoms with Gasteiger partial charge < -0.3 is 10.3 Å². The van der Waals surface area contributed by atoms with Gasteiger partial charge in [-0.15, -0.1) is 0 Å². The van der Waals surface area contributed by atoms with Crippen molar-refractivity contribution in [2.24, 2.45) is 0 Å². The third kappa shape index (κ3) is 1.60. The van der Waals surface area contributed by atoms with Crippen LogP contribution in [0.1, 0.15) is 0 Å². The Morgan fingerprint density at radius 3 is 2.79 bits per heavy atom. The van der Waals surface area contributed by atoms with Crippen molar-refractivity contribution in [1.82, 2.24) is 10.1 Å². The molecule has 1 aromatic carbocycles. The molecular formula is C8H5BrFN3O. The van der Waals surface area contributed by atoms with Gasteiger partial charge in [-0.25, -0.2) is 4.39 Å². The maximum atomic E-state index is 13.1. The van der Waals surface area contributed by atoms with Gasteiger partial charge >= 0.3 is 0 Å². The summed E-state index contributed by atoms with van der Waals surface area (Å²) in [4.78, 5) is 3.77. The molecule has 2 N–H and O–H groups in total. The van der Waals surface area contributed by atoms with Crippen LogP contribution in [0.15, 0.2) is 27.2 Å². The average molecular weight is 258 g/mol. The van der Waals surface area contributed by atoms with Crippen LogP contribution >= 0.6 is 15.9 Å². The van der Waals surface area contributed by atoms with E-state index in [1.54, 1.807) is 12.1 Å². The Hall–Kier alpha value is -1.43. The molecule has 0 amide bonds. The van der Waals surface area contributed by atoms with Crippen LogP contribution in [0.2, 0.25) is 0 Å². The van der Waals surface area contributed by atoms with E-state index in [4.69, 9.17) is 10.3 Å². The molecule has 0 unspecified atom stereocenters. The number of nitrogens with two attached hydrogens (primary N) is 1. The lowest BCUT2D eigenvalue weighted by molar-refractivity contribution is 0.432. The number of anilines is 1. The number of hydrogen-bond donors (Lipinski definition) is 1. The van der Waals surface area contributed by atoms with Gasteiger partial charge in [0.05, 0.1) is 4.47 Å². The predicted molar refractivity (Wildman–Crippen MR) is 51.8 cm³/mol. The molecule has 0 aliphatic heterocycles. The van der Waals surface area contributed by atoms with Crippen molar-refractivity contribution in [3.05, 3.63) is 28.5 Å². The Labute approximate surface area is 87.0 Å². The van der Waals surface area contributed by atoms with Crippen LogP contribution in [0, 0.1) is 5.82 Å². The number of halogens is 2. The van der Waals surface area contributed by atoms with E-state index in [2.05, 4.69) is 26.1 Å². The smallest absolute Gasteiger partial charge is 0.261 e. The maximum Gasteiger partial charge on any atom is 0.261 e. The molecule has 0 atom stereocenters. The first-order valence-electron chi connectivity index (χ1n) is 3.71. The van der Waals surface area contributed by atoms with E-state index >= 15 is 0 Å². The quantitative estimate of drug-likeness (QED) is 0.851. The molecular weight excluding hydrogens is 253 g/mol. The SMILES string of the molecule is Nc1noc(-c2ccc(Br)c(F)c2)n1. The fraction of sp³-hybridized carbons (Fsp3) is 0. The van der Waals surface area contributed by atoms with Crippen molar-refractivity contribution in [2.45, 2.75) is 0 Å². The van der Waals surface area contributed by atoms with Gasteiger partial charge in [0.25, 0.3) is 11.8 Å². The summed E-state index contributed by atoms with van der Waals surface area (Å²) in [5.74, 6) is -0.156. The van der Waals surface area contributed by atoms with E-state index in [0.717, 1.165) is 0 Å². The first-order valence-corrected chi connectivity index (χ1v) is 4.51. The van der Waals surface area contributed by atoms with Gasteiger partial charge in [-0.3, -0.25) is 0 Å². The summed E-state index contributed by atoms with van der Waals surface area (Å²) in [6.07, 6.45) is 0. The van der Waals surface area contributed by atoms with Crippen LogP contribution in [0.4, 0.5) is 10.3 Å². The predicted octanol–water partition coefficient (Wildman–Crippen LogP) is 2.22. The Morgan fingerprint density at radius 2 is 2.21 bits per heavy atom. The highest BCUT2D eigenvalue weighted by atomic mass is 79.9. The Bertz CT molecular complexity index is 471. The standard InChI is InChI=1S/C8H5BrFN3O/c9-5-2-1-4(3-6(5)10)7-12-8(11)13-14-7/h1-3H,(H2,11,13). The minimum Gasteiger partial charge on any atom is -0.365 e. The second-order valence-electron chi connectivity index (χ2n) is 2.59. The van der Waals surface area contributed by atoms with E-state index in [1.165, 1.54) is 6.07 Å². The normalized spacial score (nSPS) is 10.4. The molecule has 1 aromatic heterocycles. The lowest BCUT2D eigenvalue weighted by atomic mass is 10.2. The van der Waals surface area contributed by atoms with E-state index in [0.29, 0.717) is 10.0 Å². The van der Waals surface area contributed by atoms with Crippen molar-refractivity contribution in [3.63, 3.8) is 0 Å². The number of aromatic nitrogens is 2. The van der Waals surface area contributed by atoms with Crippen LogP contribution in [-0.2, 0) is 0 Å². The zero-order valence-corrected chi connectivity index (χ0v) is 8.45. The fourth-order valence-electron chi connectivity index (χ4n) is 0.981. The molecule has 6 heteroatoms. The van der Waals surface area contributed by atoms with E-state index in [1.807, 2.05) is 0 Å². The number of hydrogen-bond acceptors (Lipinski definition) is 4. The molecule has 0 saturated heterocycles. The second kappa shape index (κ2) is 3.38. The van der Waals surface area contributed by atoms with E-state index in [9.17, 15) is 4.39 Å². The number of rotatable bonds is 1. The molecule has 2 aromatic rings. The highest BCUT2D eigenvalue weighted by Gasteiger charge is 2.08. The van der Waals surface area contributed by atoms with Crippen molar-refractivity contribution >= 4 is 21.9 Å². The summed E-state index contributed by atoms with van der Waals surface area (Å²) in [6, 6.07) is 4.50. The van der Waals surface area contributed by atoms with Gasteiger partial charge in [-0.1, -0.05) is 0 Å². The largest absolute Gasteiger partial charge is 0.365 e. The Kier molecular flexibility index (Phi) is 2.20. The molecule has 1 heterocycles. The van der Waals surface area contributed by atoms with Crippen molar-refractivity contribution < 1.29 is 8.91 Å².